The van der Waals surface area contributed by atoms with Gasteiger partial charge in [-0.2, -0.15) is 0 Å². The fourth-order valence-electron chi connectivity index (χ4n) is 1.09. The second kappa shape index (κ2) is 4.11. The summed E-state index contributed by atoms with van der Waals surface area (Å²) in [6.07, 6.45) is 0.913. The fraction of sp³-hybridized carbons (Fsp3) is 0.0833. The predicted octanol–water partition coefficient (Wildman–Crippen LogP) is 1.33. The predicted molar refractivity (Wildman–Crippen MR) is 58.0 cm³/mol. The number of rotatable bonds is 2. The molecule has 0 amide bonds. The molecule has 1 aromatic carbocycles. The zero-order valence-corrected chi connectivity index (χ0v) is 7.53. The Balaban J connectivity index is 2.86. The molecule has 76 valence electrons. The quantitative estimate of drug-likeness (QED) is 0.809. The SMILES string of the molecule is [2H]c1c([2H])c([2H])c(-n2cc(C([2H])([2H])O)ccc2=O)c([2H])c1[2H]. The summed E-state index contributed by atoms with van der Waals surface area (Å²) in [6.45, 7) is -2.73. The highest BCUT2D eigenvalue weighted by Crippen LogP contribution is 2.05. The Morgan fingerprint density at radius 2 is 2.07 bits per heavy atom. The van der Waals surface area contributed by atoms with E-state index in [-0.39, 0.29) is 5.56 Å². The van der Waals surface area contributed by atoms with Crippen LogP contribution in [-0.2, 0) is 6.56 Å². The van der Waals surface area contributed by atoms with Crippen molar-refractivity contribution in [2.75, 3.05) is 0 Å². The van der Waals surface area contributed by atoms with E-state index in [0.717, 1.165) is 22.9 Å². The number of hydrogen-bond donors (Lipinski definition) is 1. The third kappa shape index (κ3) is 1.97. The van der Waals surface area contributed by atoms with Crippen molar-refractivity contribution < 1.29 is 14.7 Å². The van der Waals surface area contributed by atoms with Gasteiger partial charge in [-0.25, -0.2) is 0 Å². The van der Waals surface area contributed by atoms with Crippen LogP contribution in [0.25, 0.3) is 5.69 Å². The van der Waals surface area contributed by atoms with Crippen molar-refractivity contribution in [1.29, 1.82) is 0 Å². The van der Waals surface area contributed by atoms with Crippen molar-refractivity contribution in [3.63, 3.8) is 0 Å². The smallest absolute Gasteiger partial charge is 0.255 e. The third-order valence-corrected chi connectivity index (χ3v) is 1.77. The van der Waals surface area contributed by atoms with Gasteiger partial charge in [-0.3, -0.25) is 9.36 Å². The van der Waals surface area contributed by atoms with Crippen LogP contribution in [0.5, 0.6) is 0 Å². The van der Waals surface area contributed by atoms with E-state index < -0.39 is 48.0 Å². The van der Waals surface area contributed by atoms with Crippen LogP contribution in [0.1, 0.15) is 15.2 Å². The van der Waals surface area contributed by atoms with Crippen molar-refractivity contribution >= 4 is 0 Å². The van der Waals surface area contributed by atoms with Crippen molar-refractivity contribution in [1.82, 2.24) is 4.57 Å². The van der Waals surface area contributed by atoms with E-state index in [2.05, 4.69) is 0 Å². The summed E-state index contributed by atoms with van der Waals surface area (Å²) in [5, 5.41) is 9.36. The largest absolute Gasteiger partial charge is 0.392 e. The van der Waals surface area contributed by atoms with Gasteiger partial charge in [0.25, 0.3) is 5.56 Å². The number of hydrogen-bond acceptors (Lipinski definition) is 2. The molecule has 0 atom stereocenters. The van der Waals surface area contributed by atoms with Crippen molar-refractivity contribution in [3.05, 3.63) is 64.5 Å². The fourth-order valence-corrected chi connectivity index (χ4v) is 1.09. The number of aromatic nitrogens is 1. The van der Waals surface area contributed by atoms with Gasteiger partial charge in [-0.15, -0.1) is 0 Å². The number of aliphatic hydroxyl groups is 1. The molecule has 0 saturated heterocycles. The molecule has 0 fully saturated rings. The minimum absolute atomic E-state index is 0.279. The Hall–Kier alpha value is -1.87. The molecule has 1 aromatic heterocycles. The van der Waals surface area contributed by atoms with E-state index in [9.17, 15) is 9.90 Å². The van der Waals surface area contributed by atoms with E-state index in [1.807, 2.05) is 0 Å². The van der Waals surface area contributed by atoms with E-state index in [0.29, 0.717) is 0 Å². The van der Waals surface area contributed by atoms with Crippen LogP contribution in [0.4, 0.5) is 0 Å². The normalized spacial score (nSPS) is 17.8. The molecule has 0 radical (unpaired) electrons. The Morgan fingerprint density at radius 3 is 2.73 bits per heavy atom. The van der Waals surface area contributed by atoms with Gasteiger partial charge in [-0.1, -0.05) is 18.1 Å². The highest BCUT2D eigenvalue weighted by molar-refractivity contribution is 5.32. The molecule has 1 heterocycles. The van der Waals surface area contributed by atoms with Crippen LogP contribution in [0, 0.1) is 0 Å². The molecule has 15 heavy (non-hydrogen) atoms. The highest BCUT2D eigenvalue weighted by Gasteiger charge is 1.99. The number of benzene rings is 1. The number of para-hydroxylation sites is 1. The standard InChI is InChI=1S/C12H11NO2/c14-9-10-6-7-12(15)13(8-10)11-4-2-1-3-5-11/h1-8,14H,9H2/i1D,2D,3D,4D,5D,9D2. The van der Waals surface area contributed by atoms with E-state index in [1.165, 1.54) is 0 Å². The lowest BCUT2D eigenvalue weighted by Gasteiger charge is -2.06. The minimum atomic E-state index is -2.73. The zero-order valence-electron chi connectivity index (χ0n) is 14.5. The second-order valence-corrected chi connectivity index (χ2v) is 2.71. The number of pyridine rings is 1. The second-order valence-electron chi connectivity index (χ2n) is 2.71. The lowest BCUT2D eigenvalue weighted by Crippen LogP contribution is -2.16. The van der Waals surface area contributed by atoms with Gasteiger partial charge in [0.2, 0.25) is 0 Å². The van der Waals surface area contributed by atoms with Gasteiger partial charge in [0.15, 0.2) is 0 Å². The van der Waals surface area contributed by atoms with Gasteiger partial charge in [0.05, 0.1) is 16.2 Å². The van der Waals surface area contributed by atoms with Gasteiger partial charge >= 0.3 is 0 Å². The summed E-state index contributed by atoms with van der Waals surface area (Å²) in [7, 11) is 0. The molecule has 2 rings (SSSR count). The van der Waals surface area contributed by atoms with E-state index in [4.69, 9.17) is 9.60 Å². The lowest BCUT2D eigenvalue weighted by molar-refractivity contribution is 0.281. The summed E-state index contributed by atoms with van der Waals surface area (Å²) in [6, 6.07) is -0.994. The van der Waals surface area contributed by atoms with Crippen molar-refractivity contribution in [2.24, 2.45) is 0 Å². The maximum absolute atomic E-state index is 11.9. The molecular formula is C12H11NO2. The molecule has 1 N–H and O–H groups in total. The van der Waals surface area contributed by atoms with Gasteiger partial charge in [0.1, 0.15) is 0 Å². The summed E-state index contributed by atoms with van der Waals surface area (Å²) in [4.78, 5) is 11.9. The van der Waals surface area contributed by atoms with Crippen LogP contribution in [0.15, 0.2) is 53.3 Å². The van der Waals surface area contributed by atoms with Crippen molar-refractivity contribution in [2.45, 2.75) is 6.56 Å². The summed E-state index contributed by atoms with van der Waals surface area (Å²) < 4.78 is 53.5. The Kier molecular flexibility index (Phi) is 1.18. The first-order valence-corrected chi connectivity index (χ1v) is 4.08. The molecule has 0 unspecified atom stereocenters. The molecule has 3 nitrogen and oxygen atoms in total. The molecule has 0 bridgehead atoms. The summed E-state index contributed by atoms with van der Waals surface area (Å²) in [5.41, 5.74) is -1.40. The third-order valence-electron chi connectivity index (χ3n) is 1.77. The van der Waals surface area contributed by atoms with Crippen LogP contribution >= 0.6 is 0 Å². The molecule has 0 aliphatic rings. The van der Waals surface area contributed by atoms with Gasteiger partial charge < -0.3 is 5.11 Å². The summed E-state index contributed by atoms with van der Waals surface area (Å²) >= 11 is 0. The minimum Gasteiger partial charge on any atom is -0.392 e. The molecular weight excluding hydrogens is 190 g/mol. The van der Waals surface area contributed by atoms with E-state index in [1.54, 1.807) is 0 Å². The molecule has 2 aromatic rings. The van der Waals surface area contributed by atoms with Gasteiger partial charge in [0, 0.05) is 18.0 Å². The topological polar surface area (TPSA) is 42.2 Å². The first-order valence-electron chi connectivity index (χ1n) is 7.58. The van der Waals surface area contributed by atoms with Crippen molar-refractivity contribution in [3.8, 4) is 5.69 Å². The lowest BCUT2D eigenvalue weighted by atomic mass is 10.2. The molecule has 0 aliphatic heterocycles. The molecule has 3 heteroatoms. The Bertz CT molecular complexity index is 781. The van der Waals surface area contributed by atoms with Crippen LogP contribution < -0.4 is 5.56 Å². The maximum atomic E-state index is 11.9. The average molecular weight is 208 g/mol. The van der Waals surface area contributed by atoms with E-state index >= 15 is 0 Å². The van der Waals surface area contributed by atoms with Gasteiger partial charge in [-0.05, 0) is 23.7 Å². The molecule has 0 aliphatic carbocycles. The highest BCUT2D eigenvalue weighted by atomic mass is 16.3. The van der Waals surface area contributed by atoms with Crippen LogP contribution in [0.2, 0.25) is 0 Å². The van der Waals surface area contributed by atoms with Crippen LogP contribution in [0.3, 0.4) is 0 Å². The summed E-state index contributed by atoms with van der Waals surface area (Å²) in [5.74, 6) is 0. The molecule has 0 saturated carbocycles. The first-order chi connectivity index (χ1) is 10.1. The zero-order chi connectivity index (χ0) is 16.8. The monoisotopic (exact) mass is 208 g/mol. The number of nitrogens with zero attached hydrogens (tertiary/aromatic N) is 1. The Morgan fingerprint density at radius 1 is 1.33 bits per heavy atom. The van der Waals surface area contributed by atoms with Crippen LogP contribution in [-0.4, -0.2) is 9.67 Å². The Labute approximate surface area is 97.1 Å². The average Bonchev–Trinajstić information content (AvgIpc) is 2.44. The molecule has 0 spiro atoms. The maximum Gasteiger partial charge on any atom is 0.255 e. The first kappa shape index (κ1) is 4.33.